The van der Waals surface area contributed by atoms with Crippen LogP contribution in [0.4, 0.5) is 5.69 Å². The van der Waals surface area contributed by atoms with Crippen molar-refractivity contribution < 1.29 is 4.79 Å². The monoisotopic (exact) mass is 338 g/mol. The molecule has 1 aromatic heterocycles. The summed E-state index contributed by atoms with van der Waals surface area (Å²) in [7, 11) is 1.98. The number of anilines is 1. The molecule has 0 fully saturated rings. The Morgan fingerprint density at radius 1 is 1.47 bits per heavy atom. The molecule has 0 bridgehead atoms. The number of carbonyl (C=O) groups is 1. The lowest BCUT2D eigenvalue weighted by Crippen LogP contribution is -2.19. The average Bonchev–Trinajstić information content (AvgIpc) is 2.74. The second-order valence-electron chi connectivity index (χ2n) is 4.43. The van der Waals surface area contributed by atoms with Crippen molar-refractivity contribution in [3.8, 4) is 0 Å². The Morgan fingerprint density at radius 2 is 2.21 bits per heavy atom. The molecular weight excluding hydrogens is 324 g/mol. The number of ketones is 1. The van der Waals surface area contributed by atoms with Crippen molar-refractivity contribution in [2.24, 2.45) is 0 Å². The molecule has 0 aliphatic rings. The van der Waals surface area contributed by atoms with E-state index in [0.29, 0.717) is 6.54 Å². The van der Waals surface area contributed by atoms with E-state index in [4.69, 9.17) is 0 Å². The van der Waals surface area contributed by atoms with Crippen LogP contribution in [0.15, 0.2) is 28.1 Å². The van der Waals surface area contributed by atoms with Gasteiger partial charge in [0, 0.05) is 28.2 Å². The summed E-state index contributed by atoms with van der Waals surface area (Å²) in [5.74, 6) is 0.0672. The lowest BCUT2D eigenvalue weighted by atomic mass is 10.1. The van der Waals surface area contributed by atoms with Crippen LogP contribution in [0.5, 0.6) is 0 Å². The Kier molecular flexibility index (Phi) is 4.37. The molecule has 0 aliphatic heterocycles. The zero-order valence-corrected chi connectivity index (χ0v) is 13.5. The van der Waals surface area contributed by atoms with Crippen LogP contribution in [0.25, 0.3) is 0 Å². The van der Waals surface area contributed by atoms with Crippen LogP contribution in [0, 0.1) is 6.92 Å². The lowest BCUT2D eigenvalue weighted by molar-refractivity contribution is 0.101. The molecule has 0 unspecified atom stereocenters. The van der Waals surface area contributed by atoms with Gasteiger partial charge < -0.3 is 4.90 Å². The zero-order valence-electron chi connectivity index (χ0n) is 11.1. The fraction of sp³-hybridized carbons (Fsp3) is 0.286. The molecule has 0 radical (unpaired) electrons. The largest absolute Gasteiger partial charge is 0.368 e. The minimum absolute atomic E-state index is 0.0672. The fourth-order valence-corrected chi connectivity index (χ4v) is 2.90. The second kappa shape index (κ2) is 5.84. The summed E-state index contributed by atoms with van der Waals surface area (Å²) in [6.45, 7) is 4.28. The summed E-state index contributed by atoms with van der Waals surface area (Å²) in [5.41, 5.74) is 2.69. The minimum Gasteiger partial charge on any atom is -0.368 e. The average molecular weight is 339 g/mol. The molecule has 0 amide bonds. The predicted molar refractivity (Wildman–Crippen MR) is 83.1 cm³/mol. The number of rotatable bonds is 4. The van der Waals surface area contributed by atoms with E-state index in [1.807, 2.05) is 32.2 Å². The fourth-order valence-electron chi connectivity index (χ4n) is 1.93. The third-order valence-electron chi connectivity index (χ3n) is 2.81. The van der Waals surface area contributed by atoms with Gasteiger partial charge in [0.05, 0.1) is 17.2 Å². The molecule has 0 saturated heterocycles. The molecule has 0 aliphatic carbocycles. The van der Waals surface area contributed by atoms with Crippen LogP contribution < -0.4 is 4.90 Å². The highest BCUT2D eigenvalue weighted by Crippen LogP contribution is 2.25. The lowest BCUT2D eigenvalue weighted by Gasteiger charge is -2.21. The summed E-state index contributed by atoms with van der Waals surface area (Å²) < 4.78 is 0.916. The van der Waals surface area contributed by atoms with Crippen molar-refractivity contribution in [3.63, 3.8) is 0 Å². The van der Waals surface area contributed by atoms with Gasteiger partial charge in [-0.25, -0.2) is 4.98 Å². The zero-order chi connectivity index (χ0) is 14.0. The van der Waals surface area contributed by atoms with Crippen molar-refractivity contribution in [1.82, 2.24) is 4.98 Å². The summed E-state index contributed by atoms with van der Waals surface area (Å²) in [4.78, 5) is 18.2. The number of halogens is 1. The Morgan fingerprint density at radius 3 is 2.79 bits per heavy atom. The van der Waals surface area contributed by atoms with E-state index < -0.39 is 0 Å². The highest BCUT2D eigenvalue weighted by molar-refractivity contribution is 9.10. The van der Waals surface area contributed by atoms with Gasteiger partial charge in [-0.3, -0.25) is 4.79 Å². The molecule has 0 spiro atoms. The van der Waals surface area contributed by atoms with Crippen LogP contribution in [-0.2, 0) is 6.54 Å². The van der Waals surface area contributed by atoms with Crippen LogP contribution in [-0.4, -0.2) is 17.8 Å². The maximum absolute atomic E-state index is 11.7. The molecule has 1 aromatic carbocycles. The van der Waals surface area contributed by atoms with Gasteiger partial charge in [0.2, 0.25) is 0 Å². The molecular formula is C14H15BrN2OS. The molecule has 2 aromatic rings. The highest BCUT2D eigenvalue weighted by Gasteiger charge is 2.13. The minimum atomic E-state index is 0.0672. The Bertz CT molecular complexity index is 609. The first-order valence-electron chi connectivity index (χ1n) is 5.90. The van der Waals surface area contributed by atoms with Crippen LogP contribution in [0.1, 0.15) is 28.0 Å². The normalized spacial score (nSPS) is 10.5. The number of nitrogens with zero attached hydrogens (tertiary/aromatic N) is 2. The van der Waals surface area contributed by atoms with Gasteiger partial charge >= 0.3 is 0 Å². The molecule has 0 N–H and O–H groups in total. The number of benzene rings is 1. The van der Waals surface area contributed by atoms with Gasteiger partial charge in [-0.1, -0.05) is 15.9 Å². The summed E-state index contributed by atoms with van der Waals surface area (Å²) >= 11 is 5.04. The molecule has 5 heteroatoms. The summed E-state index contributed by atoms with van der Waals surface area (Å²) in [5, 5.41) is 3.11. The molecule has 0 saturated carbocycles. The third kappa shape index (κ3) is 3.42. The molecule has 2 rings (SSSR count). The summed E-state index contributed by atoms with van der Waals surface area (Å²) in [6, 6.07) is 5.77. The van der Waals surface area contributed by atoms with Gasteiger partial charge in [0.15, 0.2) is 5.78 Å². The number of thiazole rings is 1. The van der Waals surface area contributed by atoms with Gasteiger partial charge in [-0.15, -0.1) is 11.3 Å². The number of Topliss-reactive ketones (excluding diaryl/α,β-unsaturated/α-hetero) is 1. The molecule has 1 heterocycles. The van der Waals surface area contributed by atoms with E-state index in [0.717, 1.165) is 26.4 Å². The standard InChI is InChI=1S/C14H15BrN2OS/c1-9(18)13-6-11(15)4-5-14(13)17(3)7-12-8-19-10(2)16-12/h4-6,8H,7H2,1-3H3. The molecule has 0 atom stereocenters. The first-order valence-corrected chi connectivity index (χ1v) is 7.57. The van der Waals surface area contributed by atoms with Crippen LogP contribution >= 0.6 is 27.3 Å². The first kappa shape index (κ1) is 14.2. The van der Waals surface area contributed by atoms with E-state index in [-0.39, 0.29) is 5.78 Å². The first-order chi connectivity index (χ1) is 8.97. The second-order valence-corrected chi connectivity index (χ2v) is 6.41. The highest BCUT2D eigenvalue weighted by atomic mass is 79.9. The van der Waals surface area contributed by atoms with Crippen molar-refractivity contribution in [2.45, 2.75) is 20.4 Å². The maximum Gasteiger partial charge on any atom is 0.161 e. The van der Waals surface area contributed by atoms with Crippen molar-refractivity contribution in [1.29, 1.82) is 0 Å². The van der Waals surface area contributed by atoms with Gasteiger partial charge in [0.1, 0.15) is 0 Å². The van der Waals surface area contributed by atoms with Gasteiger partial charge in [-0.2, -0.15) is 0 Å². The quantitative estimate of drug-likeness (QED) is 0.788. The van der Waals surface area contributed by atoms with Crippen LogP contribution in [0.2, 0.25) is 0 Å². The van der Waals surface area contributed by atoms with Gasteiger partial charge in [-0.05, 0) is 32.0 Å². The van der Waals surface area contributed by atoms with Crippen molar-refractivity contribution in [2.75, 3.05) is 11.9 Å². The van der Waals surface area contributed by atoms with E-state index in [9.17, 15) is 4.79 Å². The predicted octanol–water partition coefficient (Wildman–Crippen LogP) is 4.05. The van der Waals surface area contributed by atoms with E-state index >= 15 is 0 Å². The molecule has 3 nitrogen and oxygen atoms in total. The van der Waals surface area contributed by atoms with Crippen LogP contribution in [0.3, 0.4) is 0 Å². The SMILES string of the molecule is CC(=O)c1cc(Br)ccc1N(C)Cc1csc(C)n1. The number of hydrogen-bond acceptors (Lipinski definition) is 4. The molecule has 100 valence electrons. The van der Waals surface area contributed by atoms with Gasteiger partial charge in [0.25, 0.3) is 0 Å². The van der Waals surface area contributed by atoms with E-state index in [2.05, 4.69) is 31.2 Å². The number of carbonyl (C=O) groups excluding carboxylic acids is 1. The van der Waals surface area contributed by atoms with Crippen molar-refractivity contribution >= 4 is 38.7 Å². The summed E-state index contributed by atoms with van der Waals surface area (Å²) in [6.07, 6.45) is 0. The maximum atomic E-state index is 11.7. The number of aryl methyl sites for hydroxylation is 1. The topological polar surface area (TPSA) is 33.2 Å². The smallest absolute Gasteiger partial charge is 0.161 e. The van der Waals surface area contributed by atoms with E-state index in [1.54, 1.807) is 18.3 Å². The number of hydrogen-bond donors (Lipinski definition) is 0. The Hall–Kier alpha value is -1.20. The van der Waals surface area contributed by atoms with Crippen molar-refractivity contribution in [3.05, 3.63) is 44.3 Å². The number of aromatic nitrogens is 1. The van der Waals surface area contributed by atoms with E-state index in [1.165, 1.54) is 0 Å². The Balaban J connectivity index is 2.28. The molecule has 19 heavy (non-hydrogen) atoms. The third-order valence-corrected chi connectivity index (χ3v) is 4.13. The Labute approximate surface area is 125 Å².